The molecule has 0 N–H and O–H groups in total. The molecule has 0 amide bonds. The third kappa shape index (κ3) is 2.59. The standard InChI is InChI=1S/C15H20FNO2S/c1-10(2)17-8-12(9-20(18,19)11(3)4)13-6-5-7-14(16)15(13)17/h5-8,10-11H,9H2,1-4H3. The molecule has 0 saturated heterocycles. The number of halogens is 1. The molecule has 1 aromatic heterocycles. The first-order valence-corrected chi connectivity index (χ1v) is 8.45. The van der Waals surface area contributed by atoms with Crippen LogP contribution in [0.15, 0.2) is 24.4 Å². The highest BCUT2D eigenvalue weighted by atomic mass is 32.2. The van der Waals surface area contributed by atoms with E-state index in [1.165, 1.54) is 6.07 Å². The first-order chi connectivity index (χ1) is 9.24. The molecule has 20 heavy (non-hydrogen) atoms. The largest absolute Gasteiger partial charge is 0.342 e. The van der Waals surface area contributed by atoms with E-state index < -0.39 is 15.1 Å². The van der Waals surface area contributed by atoms with Crippen molar-refractivity contribution in [2.45, 2.75) is 44.7 Å². The molecular formula is C15H20FNO2S. The summed E-state index contributed by atoms with van der Waals surface area (Å²) in [5.74, 6) is -0.367. The van der Waals surface area contributed by atoms with Gasteiger partial charge in [0.05, 0.1) is 16.5 Å². The molecule has 0 bridgehead atoms. The molecule has 0 spiro atoms. The van der Waals surface area contributed by atoms with Gasteiger partial charge in [0.15, 0.2) is 9.84 Å². The number of benzene rings is 1. The average molecular weight is 297 g/mol. The van der Waals surface area contributed by atoms with Gasteiger partial charge in [-0.05, 0) is 39.3 Å². The van der Waals surface area contributed by atoms with Crippen LogP contribution in [0, 0.1) is 5.82 Å². The van der Waals surface area contributed by atoms with Crippen LogP contribution < -0.4 is 0 Å². The molecule has 0 radical (unpaired) electrons. The topological polar surface area (TPSA) is 39.1 Å². The number of aromatic nitrogens is 1. The van der Waals surface area contributed by atoms with E-state index >= 15 is 0 Å². The molecule has 2 rings (SSSR count). The molecular weight excluding hydrogens is 277 g/mol. The van der Waals surface area contributed by atoms with Crippen molar-refractivity contribution in [1.29, 1.82) is 0 Å². The van der Waals surface area contributed by atoms with Gasteiger partial charge in [-0.15, -0.1) is 0 Å². The van der Waals surface area contributed by atoms with Gasteiger partial charge >= 0.3 is 0 Å². The van der Waals surface area contributed by atoms with Gasteiger partial charge in [-0.3, -0.25) is 0 Å². The highest BCUT2D eigenvalue weighted by Crippen LogP contribution is 2.28. The lowest BCUT2D eigenvalue weighted by Crippen LogP contribution is -2.15. The van der Waals surface area contributed by atoms with E-state index in [0.29, 0.717) is 16.5 Å². The van der Waals surface area contributed by atoms with Crippen molar-refractivity contribution in [2.24, 2.45) is 0 Å². The lowest BCUT2D eigenvalue weighted by atomic mass is 10.2. The second-order valence-corrected chi connectivity index (χ2v) is 8.20. The zero-order valence-corrected chi connectivity index (χ0v) is 13.0. The summed E-state index contributed by atoms with van der Waals surface area (Å²) < 4.78 is 40.1. The maximum Gasteiger partial charge on any atom is 0.156 e. The Morgan fingerprint density at radius 1 is 1.20 bits per heavy atom. The Labute approximate surface area is 119 Å². The molecule has 0 atom stereocenters. The van der Waals surface area contributed by atoms with Crippen LogP contribution in [0.3, 0.4) is 0 Å². The highest BCUT2D eigenvalue weighted by molar-refractivity contribution is 7.91. The second-order valence-electron chi connectivity index (χ2n) is 5.65. The van der Waals surface area contributed by atoms with Crippen molar-refractivity contribution >= 4 is 20.7 Å². The summed E-state index contributed by atoms with van der Waals surface area (Å²) in [5.41, 5.74) is 1.15. The summed E-state index contributed by atoms with van der Waals surface area (Å²) in [6.07, 6.45) is 1.76. The van der Waals surface area contributed by atoms with Crippen molar-refractivity contribution in [1.82, 2.24) is 4.57 Å². The highest BCUT2D eigenvalue weighted by Gasteiger charge is 2.21. The Morgan fingerprint density at radius 2 is 1.85 bits per heavy atom. The van der Waals surface area contributed by atoms with Crippen LogP contribution in [0.5, 0.6) is 0 Å². The minimum atomic E-state index is -3.20. The Kier molecular flexibility index (Phi) is 3.91. The second kappa shape index (κ2) is 5.20. The number of hydrogen-bond acceptors (Lipinski definition) is 2. The van der Waals surface area contributed by atoms with E-state index in [-0.39, 0.29) is 17.6 Å². The van der Waals surface area contributed by atoms with E-state index in [2.05, 4.69) is 0 Å². The fraction of sp³-hybridized carbons (Fsp3) is 0.467. The van der Waals surface area contributed by atoms with Crippen molar-refractivity contribution in [3.8, 4) is 0 Å². The van der Waals surface area contributed by atoms with Gasteiger partial charge in [-0.1, -0.05) is 12.1 Å². The molecule has 0 fully saturated rings. The fourth-order valence-corrected chi connectivity index (χ4v) is 3.24. The van der Waals surface area contributed by atoms with Crippen molar-refractivity contribution < 1.29 is 12.8 Å². The summed E-state index contributed by atoms with van der Waals surface area (Å²) in [6.45, 7) is 7.23. The smallest absolute Gasteiger partial charge is 0.156 e. The summed E-state index contributed by atoms with van der Waals surface area (Å²) in [6, 6.07) is 4.88. The number of hydrogen-bond donors (Lipinski definition) is 0. The van der Waals surface area contributed by atoms with Crippen LogP contribution in [0.1, 0.15) is 39.3 Å². The number of fused-ring (bicyclic) bond motifs is 1. The first-order valence-electron chi connectivity index (χ1n) is 6.73. The minimum absolute atomic E-state index is 0.0513. The van der Waals surface area contributed by atoms with Gasteiger partial charge in [0, 0.05) is 17.6 Å². The molecule has 110 valence electrons. The SMILES string of the molecule is CC(C)n1cc(CS(=O)(=O)C(C)C)c2cccc(F)c21. The fourth-order valence-electron chi connectivity index (χ4n) is 2.24. The van der Waals surface area contributed by atoms with Gasteiger partial charge in [0.25, 0.3) is 0 Å². The number of sulfone groups is 1. The average Bonchev–Trinajstić information content (AvgIpc) is 2.69. The summed E-state index contributed by atoms with van der Waals surface area (Å²) in [4.78, 5) is 0. The molecule has 0 aliphatic carbocycles. The lowest BCUT2D eigenvalue weighted by Gasteiger charge is -2.09. The van der Waals surface area contributed by atoms with Gasteiger partial charge in [0.1, 0.15) is 5.82 Å². The Bertz CT molecular complexity index is 730. The summed E-state index contributed by atoms with van der Waals surface area (Å²) >= 11 is 0. The molecule has 0 saturated carbocycles. The van der Waals surface area contributed by atoms with Crippen LogP contribution in [0.4, 0.5) is 4.39 Å². The van der Waals surface area contributed by atoms with Crippen molar-refractivity contribution in [3.63, 3.8) is 0 Å². The van der Waals surface area contributed by atoms with Crippen LogP contribution in [-0.4, -0.2) is 18.2 Å². The van der Waals surface area contributed by atoms with Crippen molar-refractivity contribution in [2.75, 3.05) is 0 Å². The molecule has 5 heteroatoms. The molecule has 3 nitrogen and oxygen atoms in total. The maximum atomic E-state index is 14.0. The third-order valence-electron chi connectivity index (χ3n) is 3.52. The normalized spacial score (nSPS) is 12.8. The summed E-state index contributed by atoms with van der Waals surface area (Å²) in [5, 5.41) is 0.247. The third-order valence-corrected chi connectivity index (χ3v) is 5.67. The predicted molar refractivity (Wildman–Crippen MR) is 80.0 cm³/mol. The Hall–Kier alpha value is -1.36. The molecule has 2 aromatic rings. The summed E-state index contributed by atoms with van der Waals surface area (Å²) in [7, 11) is -3.20. The minimum Gasteiger partial charge on any atom is -0.342 e. The van der Waals surface area contributed by atoms with Crippen LogP contribution in [0.2, 0.25) is 0 Å². The van der Waals surface area contributed by atoms with Crippen LogP contribution in [0.25, 0.3) is 10.9 Å². The van der Waals surface area contributed by atoms with Crippen LogP contribution in [-0.2, 0) is 15.6 Å². The van der Waals surface area contributed by atoms with E-state index in [1.54, 1.807) is 36.7 Å². The van der Waals surface area contributed by atoms with Gasteiger partial charge in [-0.25, -0.2) is 12.8 Å². The number of rotatable bonds is 4. The quantitative estimate of drug-likeness (QED) is 0.863. The van der Waals surface area contributed by atoms with Gasteiger partial charge in [-0.2, -0.15) is 0 Å². The molecule has 0 unspecified atom stereocenters. The number of para-hydroxylation sites is 1. The van der Waals surface area contributed by atoms with E-state index in [1.807, 2.05) is 13.8 Å². The Balaban J connectivity index is 2.64. The molecule has 1 aromatic carbocycles. The zero-order chi connectivity index (χ0) is 15.1. The van der Waals surface area contributed by atoms with Crippen molar-refractivity contribution in [3.05, 3.63) is 35.8 Å². The maximum absolute atomic E-state index is 14.0. The van der Waals surface area contributed by atoms with E-state index in [9.17, 15) is 12.8 Å². The van der Waals surface area contributed by atoms with E-state index in [4.69, 9.17) is 0 Å². The molecule has 0 aliphatic rings. The Morgan fingerprint density at radius 3 is 2.40 bits per heavy atom. The monoisotopic (exact) mass is 297 g/mol. The lowest BCUT2D eigenvalue weighted by molar-refractivity contribution is 0.583. The predicted octanol–water partition coefficient (Wildman–Crippen LogP) is 3.68. The molecule has 0 aliphatic heterocycles. The molecule has 1 heterocycles. The number of nitrogens with zero attached hydrogens (tertiary/aromatic N) is 1. The first kappa shape index (κ1) is 15.0. The van der Waals surface area contributed by atoms with Crippen LogP contribution >= 0.6 is 0 Å². The zero-order valence-electron chi connectivity index (χ0n) is 12.2. The van der Waals surface area contributed by atoms with Gasteiger partial charge < -0.3 is 4.57 Å². The van der Waals surface area contributed by atoms with E-state index in [0.717, 1.165) is 0 Å². The van der Waals surface area contributed by atoms with Gasteiger partial charge in [0.2, 0.25) is 0 Å².